The number of rotatable bonds is 6. The van der Waals surface area contributed by atoms with E-state index in [1.807, 2.05) is 5.43 Å². The monoisotopic (exact) mass is 231 g/mol. The fourth-order valence-corrected chi connectivity index (χ4v) is 1.72. The van der Waals surface area contributed by atoms with Crippen LogP contribution >= 0.6 is 11.8 Å². The second kappa shape index (κ2) is 6.44. The molecule has 0 fully saturated rings. The summed E-state index contributed by atoms with van der Waals surface area (Å²) in [5.74, 6) is 6.57. The largest absolute Gasteiger partial charge is 0.396 e. The van der Waals surface area contributed by atoms with Gasteiger partial charge in [-0.2, -0.15) is 11.8 Å². The van der Waals surface area contributed by atoms with Crippen molar-refractivity contribution in [3.63, 3.8) is 0 Å². The minimum atomic E-state index is -0.467. The Hall–Kier alpha value is -1.05. The fourth-order valence-electron chi connectivity index (χ4n) is 0.901. The Labute approximate surface area is 91.2 Å². The van der Waals surface area contributed by atoms with Crippen molar-refractivity contribution in [2.24, 2.45) is 5.84 Å². The maximum atomic E-state index is 11.0. The Morgan fingerprint density at radius 1 is 1.73 bits per heavy atom. The molecule has 15 heavy (non-hydrogen) atoms. The number of hydrogen-bond donors (Lipinski definition) is 3. The van der Waals surface area contributed by atoms with Crippen molar-refractivity contribution >= 4 is 17.7 Å². The predicted octanol–water partition coefficient (Wildman–Crippen LogP) is -0.106. The van der Waals surface area contributed by atoms with Crippen LogP contribution < -0.4 is 11.3 Å². The summed E-state index contributed by atoms with van der Waals surface area (Å²) in [6.07, 6.45) is 0.745. The van der Waals surface area contributed by atoms with Gasteiger partial charge in [-0.25, -0.2) is 5.84 Å². The topological polar surface area (TPSA) is 101 Å². The van der Waals surface area contributed by atoms with E-state index in [4.69, 9.17) is 15.5 Å². The number of amides is 1. The summed E-state index contributed by atoms with van der Waals surface area (Å²) < 4.78 is 4.92. The van der Waals surface area contributed by atoms with Gasteiger partial charge < -0.3 is 9.63 Å². The molecule has 6 nitrogen and oxygen atoms in total. The van der Waals surface area contributed by atoms with E-state index in [0.29, 0.717) is 11.5 Å². The molecule has 1 aromatic rings. The van der Waals surface area contributed by atoms with E-state index >= 15 is 0 Å². The first-order valence-electron chi connectivity index (χ1n) is 4.43. The van der Waals surface area contributed by atoms with Gasteiger partial charge in [0, 0.05) is 12.7 Å². The van der Waals surface area contributed by atoms with E-state index in [9.17, 15) is 4.79 Å². The molecule has 0 aliphatic carbocycles. The van der Waals surface area contributed by atoms with E-state index < -0.39 is 5.91 Å². The van der Waals surface area contributed by atoms with Gasteiger partial charge in [-0.15, -0.1) is 0 Å². The molecule has 0 spiro atoms. The van der Waals surface area contributed by atoms with E-state index in [2.05, 4.69) is 5.16 Å². The zero-order valence-corrected chi connectivity index (χ0v) is 8.92. The lowest BCUT2D eigenvalue weighted by atomic mass is 10.4. The second-order valence-electron chi connectivity index (χ2n) is 2.78. The van der Waals surface area contributed by atoms with E-state index in [1.165, 1.54) is 0 Å². The predicted molar refractivity (Wildman–Crippen MR) is 56.0 cm³/mol. The lowest BCUT2D eigenvalue weighted by molar-refractivity contribution is 0.0944. The summed E-state index contributed by atoms with van der Waals surface area (Å²) >= 11 is 1.61. The van der Waals surface area contributed by atoms with Crippen molar-refractivity contribution < 1.29 is 14.4 Å². The summed E-state index contributed by atoms with van der Waals surface area (Å²) in [4.78, 5) is 11.0. The molecule has 1 amide bonds. The number of aromatic nitrogens is 1. The van der Waals surface area contributed by atoms with Crippen LogP contribution in [0.15, 0.2) is 10.6 Å². The highest BCUT2D eigenvalue weighted by molar-refractivity contribution is 7.98. The maximum Gasteiger partial charge on any atom is 0.287 e. The molecule has 0 saturated heterocycles. The summed E-state index contributed by atoms with van der Waals surface area (Å²) in [5, 5.41) is 12.1. The first kappa shape index (κ1) is 12.0. The van der Waals surface area contributed by atoms with Crippen LogP contribution in [0.1, 0.15) is 22.7 Å². The van der Waals surface area contributed by atoms with Gasteiger partial charge in [-0.05, 0) is 12.2 Å². The van der Waals surface area contributed by atoms with Crippen LogP contribution in [0.4, 0.5) is 0 Å². The Kier molecular flexibility index (Phi) is 5.16. The molecule has 1 rings (SSSR count). The normalized spacial score (nSPS) is 10.3. The summed E-state index contributed by atoms with van der Waals surface area (Å²) in [5.41, 5.74) is 2.15. The number of nitrogens with one attached hydrogen (secondary N) is 1. The highest BCUT2D eigenvalue weighted by Crippen LogP contribution is 2.13. The molecule has 0 bridgehead atoms. The second-order valence-corrected chi connectivity index (χ2v) is 3.89. The highest BCUT2D eigenvalue weighted by atomic mass is 32.2. The molecule has 0 aromatic carbocycles. The quantitative estimate of drug-likeness (QED) is 0.273. The molecular formula is C8H13N3O3S. The number of hydrogen-bond acceptors (Lipinski definition) is 6. The van der Waals surface area contributed by atoms with Gasteiger partial charge in [-0.3, -0.25) is 10.2 Å². The van der Waals surface area contributed by atoms with Crippen LogP contribution in [-0.2, 0) is 5.75 Å². The summed E-state index contributed by atoms with van der Waals surface area (Å²) in [7, 11) is 0. The number of nitrogen functional groups attached to an aromatic ring is 1. The lowest BCUT2D eigenvalue weighted by Crippen LogP contribution is -2.30. The average Bonchev–Trinajstić information content (AvgIpc) is 2.72. The number of nitrogens with zero attached hydrogens (tertiary/aromatic N) is 1. The molecule has 1 aromatic heterocycles. The molecule has 84 valence electrons. The molecule has 7 heteroatoms. The molecule has 0 atom stereocenters. The highest BCUT2D eigenvalue weighted by Gasteiger charge is 2.10. The molecule has 0 aliphatic rings. The van der Waals surface area contributed by atoms with Crippen LogP contribution in [0, 0.1) is 0 Å². The minimum absolute atomic E-state index is 0.176. The average molecular weight is 231 g/mol. The van der Waals surface area contributed by atoms with Gasteiger partial charge >= 0.3 is 0 Å². The third-order valence-corrected chi connectivity index (χ3v) is 2.68. The van der Waals surface area contributed by atoms with Crippen molar-refractivity contribution in [2.75, 3.05) is 12.4 Å². The zero-order chi connectivity index (χ0) is 11.1. The van der Waals surface area contributed by atoms with Gasteiger partial charge in [0.05, 0.1) is 5.75 Å². The molecule has 0 saturated carbocycles. The smallest absolute Gasteiger partial charge is 0.287 e. The maximum absolute atomic E-state index is 11.0. The van der Waals surface area contributed by atoms with Crippen molar-refractivity contribution in [3.05, 3.63) is 17.5 Å². The van der Waals surface area contributed by atoms with E-state index in [1.54, 1.807) is 17.8 Å². The van der Waals surface area contributed by atoms with Gasteiger partial charge in [0.25, 0.3) is 5.91 Å². The Bertz CT molecular complexity index is 316. The van der Waals surface area contributed by atoms with Crippen LogP contribution in [0.2, 0.25) is 0 Å². The van der Waals surface area contributed by atoms with Crippen LogP contribution in [-0.4, -0.2) is 28.5 Å². The third-order valence-electron chi connectivity index (χ3n) is 1.61. The number of aliphatic hydroxyl groups is 1. The third kappa shape index (κ3) is 3.90. The summed E-state index contributed by atoms with van der Waals surface area (Å²) in [6.45, 7) is 0.185. The van der Waals surface area contributed by atoms with Crippen LogP contribution in [0.25, 0.3) is 0 Å². The number of hydrazine groups is 1. The molecular weight excluding hydrogens is 218 g/mol. The molecule has 0 radical (unpaired) electrons. The van der Waals surface area contributed by atoms with Crippen molar-refractivity contribution in [1.29, 1.82) is 0 Å². The number of carbonyl (C=O) groups excluding carboxylic acids is 1. The van der Waals surface area contributed by atoms with E-state index in [-0.39, 0.29) is 12.3 Å². The first-order valence-corrected chi connectivity index (χ1v) is 5.58. The minimum Gasteiger partial charge on any atom is -0.396 e. The van der Waals surface area contributed by atoms with Gasteiger partial charge in [0.2, 0.25) is 0 Å². The van der Waals surface area contributed by atoms with Gasteiger partial charge in [0.15, 0.2) is 5.69 Å². The van der Waals surface area contributed by atoms with Crippen molar-refractivity contribution in [1.82, 2.24) is 10.6 Å². The fraction of sp³-hybridized carbons (Fsp3) is 0.500. The number of thioether (sulfide) groups is 1. The summed E-state index contributed by atoms with van der Waals surface area (Å²) in [6, 6.07) is 1.55. The van der Waals surface area contributed by atoms with Crippen molar-refractivity contribution in [3.8, 4) is 0 Å². The molecule has 1 heterocycles. The Morgan fingerprint density at radius 3 is 3.20 bits per heavy atom. The number of aliphatic hydroxyl groups excluding tert-OH is 1. The van der Waals surface area contributed by atoms with Gasteiger partial charge in [-0.1, -0.05) is 5.16 Å². The SMILES string of the molecule is NNC(=O)c1cc(CSCCCO)on1. The zero-order valence-electron chi connectivity index (χ0n) is 8.10. The van der Waals surface area contributed by atoms with Crippen LogP contribution in [0.5, 0.6) is 0 Å². The lowest BCUT2D eigenvalue weighted by Gasteiger charge is -1.94. The molecule has 4 N–H and O–H groups in total. The van der Waals surface area contributed by atoms with E-state index in [0.717, 1.165) is 12.2 Å². The molecule has 0 aliphatic heterocycles. The van der Waals surface area contributed by atoms with Gasteiger partial charge in [0.1, 0.15) is 5.76 Å². The Balaban J connectivity index is 2.36. The van der Waals surface area contributed by atoms with Crippen LogP contribution in [0.3, 0.4) is 0 Å². The Morgan fingerprint density at radius 2 is 2.53 bits per heavy atom. The first-order chi connectivity index (χ1) is 7.27. The standard InChI is InChI=1S/C8H13N3O3S/c9-10-8(13)7-4-6(14-11-7)5-15-3-1-2-12/h4,12H,1-3,5,9H2,(H,10,13). The van der Waals surface area contributed by atoms with Crippen molar-refractivity contribution in [2.45, 2.75) is 12.2 Å². The number of nitrogens with two attached hydrogens (primary N) is 1. The number of carbonyl (C=O) groups is 1. The molecule has 0 unspecified atom stereocenters.